The molecule has 0 aliphatic carbocycles. The quantitative estimate of drug-likeness (QED) is 0.528. The fraction of sp³-hybridized carbons (Fsp3) is 0.0769. The molecule has 0 aliphatic heterocycles. The Labute approximate surface area is 114 Å². The lowest BCUT2D eigenvalue weighted by Crippen LogP contribution is -2.00. The van der Waals surface area contributed by atoms with Crippen molar-refractivity contribution in [3.63, 3.8) is 0 Å². The van der Waals surface area contributed by atoms with Crippen LogP contribution in [0.2, 0.25) is 5.02 Å². The van der Waals surface area contributed by atoms with Crippen LogP contribution in [0.25, 0.3) is 0 Å². The molecule has 0 atom stereocenters. The second-order valence-electron chi connectivity index (χ2n) is 3.89. The number of anilines is 1. The lowest BCUT2D eigenvalue weighted by atomic mass is 10.2. The van der Waals surface area contributed by atoms with Crippen molar-refractivity contribution in [2.75, 3.05) is 5.73 Å². The molecule has 0 saturated carbocycles. The minimum Gasteiger partial charge on any atom is -0.489 e. The van der Waals surface area contributed by atoms with Crippen LogP contribution in [-0.4, -0.2) is 4.92 Å². The highest BCUT2D eigenvalue weighted by molar-refractivity contribution is 6.30. The van der Waals surface area contributed by atoms with E-state index in [4.69, 9.17) is 22.1 Å². The molecular formula is C13H11ClN2O3. The number of nitro groups is 1. The van der Waals surface area contributed by atoms with E-state index in [9.17, 15) is 10.1 Å². The summed E-state index contributed by atoms with van der Waals surface area (Å²) in [6, 6.07) is 11.3. The van der Waals surface area contributed by atoms with Gasteiger partial charge >= 0.3 is 0 Å². The van der Waals surface area contributed by atoms with Crippen molar-refractivity contribution in [3.05, 3.63) is 63.2 Å². The monoisotopic (exact) mass is 278 g/mol. The Morgan fingerprint density at radius 3 is 2.53 bits per heavy atom. The first-order valence-corrected chi connectivity index (χ1v) is 5.85. The number of nitro benzene ring substituents is 1. The number of ether oxygens (including phenoxy) is 1. The molecule has 0 bridgehead atoms. The fourth-order valence-corrected chi connectivity index (χ4v) is 1.72. The van der Waals surface area contributed by atoms with Gasteiger partial charge in [-0.1, -0.05) is 11.6 Å². The fourth-order valence-electron chi connectivity index (χ4n) is 1.55. The van der Waals surface area contributed by atoms with Gasteiger partial charge in [0.25, 0.3) is 5.69 Å². The third kappa shape index (κ3) is 3.35. The van der Waals surface area contributed by atoms with Gasteiger partial charge in [-0.2, -0.15) is 0 Å². The Hall–Kier alpha value is -2.27. The van der Waals surface area contributed by atoms with E-state index in [1.54, 1.807) is 36.4 Å². The summed E-state index contributed by atoms with van der Waals surface area (Å²) in [5.74, 6) is 0.596. The average Bonchev–Trinajstić information content (AvgIpc) is 2.39. The normalized spacial score (nSPS) is 10.2. The topological polar surface area (TPSA) is 78.4 Å². The maximum atomic E-state index is 10.9. The maximum absolute atomic E-state index is 10.9. The molecule has 0 fully saturated rings. The van der Waals surface area contributed by atoms with Gasteiger partial charge in [0.2, 0.25) is 0 Å². The van der Waals surface area contributed by atoms with E-state index in [-0.39, 0.29) is 12.3 Å². The Kier molecular flexibility index (Phi) is 3.87. The van der Waals surface area contributed by atoms with Crippen LogP contribution in [0, 0.1) is 10.1 Å². The predicted octanol–water partition coefficient (Wildman–Crippen LogP) is 3.41. The van der Waals surface area contributed by atoms with Crippen molar-refractivity contribution >= 4 is 23.0 Å². The standard InChI is InChI=1S/C13H11ClN2O3/c14-10-2-1-9(13(7-10)16(17)18)8-19-12-5-3-11(15)4-6-12/h1-7H,8,15H2. The molecule has 5 nitrogen and oxygen atoms in total. The lowest BCUT2D eigenvalue weighted by molar-refractivity contribution is -0.385. The van der Waals surface area contributed by atoms with Crippen LogP contribution < -0.4 is 10.5 Å². The zero-order chi connectivity index (χ0) is 13.8. The summed E-state index contributed by atoms with van der Waals surface area (Å²) in [5, 5.41) is 11.2. The van der Waals surface area contributed by atoms with Crippen molar-refractivity contribution in [3.8, 4) is 5.75 Å². The minimum atomic E-state index is -0.479. The SMILES string of the molecule is Nc1ccc(OCc2ccc(Cl)cc2[N+](=O)[O-])cc1. The van der Waals surface area contributed by atoms with Crippen LogP contribution in [0.5, 0.6) is 5.75 Å². The third-order valence-corrected chi connectivity index (χ3v) is 2.75. The number of nitrogen functional groups attached to an aromatic ring is 1. The third-order valence-electron chi connectivity index (χ3n) is 2.52. The van der Waals surface area contributed by atoms with Crippen LogP contribution in [0.15, 0.2) is 42.5 Å². The van der Waals surface area contributed by atoms with Crippen LogP contribution >= 0.6 is 11.6 Å². The van der Waals surface area contributed by atoms with Crippen LogP contribution in [0.3, 0.4) is 0 Å². The van der Waals surface area contributed by atoms with Gasteiger partial charge in [-0.05, 0) is 36.4 Å². The number of nitrogens with two attached hydrogens (primary N) is 1. The highest BCUT2D eigenvalue weighted by Crippen LogP contribution is 2.24. The number of nitrogens with zero attached hydrogens (tertiary/aromatic N) is 1. The first kappa shape index (κ1) is 13.2. The van der Waals surface area contributed by atoms with E-state index in [1.807, 2.05) is 0 Å². The van der Waals surface area contributed by atoms with Gasteiger partial charge in [0.05, 0.1) is 10.5 Å². The summed E-state index contributed by atoms with van der Waals surface area (Å²) < 4.78 is 5.47. The zero-order valence-electron chi connectivity index (χ0n) is 9.88. The van der Waals surface area contributed by atoms with Gasteiger partial charge in [0.15, 0.2) is 0 Å². The Morgan fingerprint density at radius 1 is 1.21 bits per heavy atom. The molecule has 2 aromatic carbocycles. The first-order chi connectivity index (χ1) is 9.06. The molecule has 2 N–H and O–H groups in total. The first-order valence-electron chi connectivity index (χ1n) is 5.47. The molecule has 0 amide bonds. The molecule has 98 valence electrons. The maximum Gasteiger partial charge on any atom is 0.277 e. The molecule has 2 aromatic rings. The number of benzene rings is 2. The largest absolute Gasteiger partial charge is 0.489 e. The Bertz CT molecular complexity index is 599. The molecule has 0 aliphatic rings. The van der Waals surface area contributed by atoms with E-state index in [0.717, 1.165) is 0 Å². The highest BCUT2D eigenvalue weighted by atomic mass is 35.5. The minimum absolute atomic E-state index is 0.0528. The van der Waals surface area contributed by atoms with Gasteiger partial charge < -0.3 is 10.5 Å². The number of hydrogen-bond donors (Lipinski definition) is 1. The lowest BCUT2D eigenvalue weighted by Gasteiger charge is -2.07. The van der Waals surface area contributed by atoms with Crippen LogP contribution in [-0.2, 0) is 6.61 Å². The second-order valence-corrected chi connectivity index (χ2v) is 4.32. The van der Waals surface area contributed by atoms with E-state index >= 15 is 0 Å². The van der Waals surface area contributed by atoms with Crippen LogP contribution in [0.1, 0.15) is 5.56 Å². The van der Waals surface area contributed by atoms with E-state index in [1.165, 1.54) is 6.07 Å². The van der Waals surface area contributed by atoms with E-state index < -0.39 is 4.92 Å². The van der Waals surface area contributed by atoms with Crippen LogP contribution in [0.4, 0.5) is 11.4 Å². The summed E-state index contributed by atoms with van der Waals surface area (Å²) in [4.78, 5) is 10.4. The van der Waals surface area contributed by atoms with Crippen molar-refractivity contribution in [1.29, 1.82) is 0 Å². The van der Waals surface area contributed by atoms with Crippen molar-refractivity contribution in [1.82, 2.24) is 0 Å². The molecule has 0 radical (unpaired) electrons. The predicted molar refractivity (Wildman–Crippen MR) is 73.3 cm³/mol. The second kappa shape index (κ2) is 5.58. The Balaban J connectivity index is 2.15. The molecule has 0 aromatic heterocycles. The molecule has 6 heteroatoms. The van der Waals surface area contributed by atoms with Gasteiger partial charge in [0.1, 0.15) is 12.4 Å². The molecule has 0 spiro atoms. The molecule has 0 unspecified atom stereocenters. The van der Waals surface area contributed by atoms with Crippen molar-refractivity contribution in [2.45, 2.75) is 6.61 Å². The summed E-state index contributed by atoms with van der Waals surface area (Å²) >= 11 is 5.74. The summed E-state index contributed by atoms with van der Waals surface area (Å²) in [5.41, 5.74) is 6.60. The van der Waals surface area contributed by atoms with Gasteiger partial charge in [-0.3, -0.25) is 10.1 Å². The van der Waals surface area contributed by atoms with Gasteiger partial charge in [-0.25, -0.2) is 0 Å². The highest BCUT2D eigenvalue weighted by Gasteiger charge is 2.14. The summed E-state index contributed by atoms with van der Waals surface area (Å²) in [7, 11) is 0. The Morgan fingerprint density at radius 2 is 1.89 bits per heavy atom. The smallest absolute Gasteiger partial charge is 0.277 e. The number of halogens is 1. The molecular weight excluding hydrogens is 268 g/mol. The van der Waals surface area contributed by atoms with Gasteiger partial charge in [-0.15, -0.1) is 0 Å². The number of hydrogen-bond acceptors (Lipinski definition) is 4. The van der Waals surface area contributed by atoms with Gasteiger partial charge in [0, 0.05) is 16.8 Å². The molecule has 2 rings (SSSR count). The number of rotatable bonds is 4. The van der Waals surface area contributed by atoms with Crippen molar-refractivity contribution < 1.29 is 9.66 Å². The summed E-state index contributed by atoms with van der Waals surface area (Å²) in [6.07, 6.45) is 0. The molecule has 19 heavy (non-hydrogen) atoms. The molecule has 0 saturated heterocycles. The van der Waals surface area contributed by atoms with Crippen molar-refractivity contribution in [2.24, 2.45) is 0 Å². The molecule has 0 heterocycles. The zero-order valence-corrected chi connectivity index (χ0v) is 10.6. The van der Waals surface area contributed by atoms with E-state index in [0.29, 0.717) is 22.0 Å². The summed E-state index contributed by atoms with van der Waals surface area (Å²) in [6.45, 7) is 0.0946. The average molecular weight is 279 g/mol. The van der Waals surface area contributed by atoms with E-state index in [2.05, 4.69) is 0 Å².